The summed E-state index contributed by atoms with van der Waals surface area (Å²) in [6.07, 6.45) is 1.02. The van der Waals surface area contributed by atoms with Gasteiger partial charge in [0.25, 0.3) is 0 Å². The van der Waals surface area contributed by atoms with Crippen LogP contribution in [0.15, 0.2) is 12.1 Å². The molecule has 20 heavy (non-hydrogen) atoms. The lowest BCUT2D eigenvalue weighted by molar-refractivity contribution is 0.196. The molecule has 1 N–H and O–H groups in total. The molecule has 1 aromatic heterocycles. The van der Waals surface area contributed by atoms with E-state index < -0.39 is 0 Å². The third kappa shape index (κ3) is 5.88. The van der Waals surface area contributed by atoms with E-state index in [9.17, 15) is 0 Å². The van der Waals surface area contributed by atoms with Gasteiger partial charge in [0.15, 0.2) is 0 Å². The Hall–Kier alpha value is -1.13. The molecule has 0 aliphatic heterocycles. The van der Waals surface area contributed by atoms with Gasteiger partial charge < -0.3 is 15.0 Å². The molecule has 0 aliphatic carbocycles. The first-order valence-electron chi connectivity index (χ1n) is 7.42. The van der Waals surface area contributed by atoms with E-state index in [0.717, 1.165) is 44.2 Å². The zero-order valence-corrected chi connectivity index (χ0v) is 13.6. The summed E-state index contributed by atoms with van der Waals surface area (Å²) < 4.78 is 5.08. The highest BCUT2D eigenvalue weighted by Gasteiger charge is 2.06. The number of aromatic nitrogens is 1. The number of nitrogens with zero attached hydrogens (tertiary/aromatic N) is 2. The van der Waals surface area contributed by atoms with Crippen LogP contribution < -0.4 is 10.2 Å². The molecular weight excluding hydrogens is 250 g/mol. The average Bonchev–Trinajstić information content (AvgIpc) is 2.40. The topological polar surface area (TPSA) is 37.4 Å². The molecule has 0 aromatic carbocycles. The second kappa shape index (κ2) is 8.93. The fraction of sp³-hybridized carbons (Fsp3) is 0.688. The minimum Gasteiger partial charge on any atom is -0.385 e. The Morgan fingerprint density at radius 3 is 2.70 bits per heavy atom. The van der Waals surface area contributed by atoms with Crippen molar-refractivity contribution in [3.8, 4) is 0 Å². The number of hydrogen-bond donors (Lipinski definition) is 1. The lowest BCUT2D eigenvalue weighted by atomic mass is 10.2. The Labute approximate surface area is 123 Å². The minimum atomic E-state index is 0.675. The smallest absolute Gasteiger partial charge is 0.128 e. The number of hydrogen-bond acceptors (Lipinski definition) is 4. The van der Waals surface area contributed by atoms with Crippen molar-refractivity contribution in [2.75, 3.05) is 38.8 Å². The Morgan fingerprint density at radius 1 is 1.35 bits per heavy atom. The van der Waals surface area contributed by atoms with Crippen molar-refractivity contribution in [3.05, 3.63) is 23.4 Å². The first-order valence-corrected chi connectivity index (χ1v) is 7.42. The summed E-state index contributed by atoms with van der Waals surface area (Å²) in [7, 11) is 3.81. The van der Waals surface area contributed by atoms with E-state index in [1.54, 1.807) is 7.11 Å². The van der Waals surface area contributed by atoms with Gasteiger partial charge in [0.2, 0.25) is 0 Å². The SMILES string of the molecule is COCCCN(C)c1ccc(CNCC(C)C)c(C)n1. The van der Waals surface area contributed by atoms with Crippen LogP contribution in [-0.4, -0.2) is 38.8 Å². The molecule has 4 heteroatoms. The molecule has 0 amide bonds. The van der Waals surface area contributed by atoms with Crippen molar-refractivity contribution >= 4 is 5.82 Å². The van der Waals surface area contributed by atoms with Crippen molar-refractivity contribution in [2.24, 2.45) is 5.92 Å². The molecule has 0 saturated carbocycles. The van der Waals surface area contributed by atoms with E-state index in [4.69, 9.17) is 9.72 Å². The summed E-state index contributed by atoms with van der Waals surface area (Å²) in [6.45, 7) is 10.2. The van der Waals surface area contributed by atoms with Crippen molar-refractivity contribution < 1.29 is 4.74 Å². The summed E-state index contributed by atoms with van der Waals surface area (Å²) in [4.78, 5) is 6.87. The van der Waals surface area contributed by atoms with Gasteiger partial charge in [-0.05, 0) is 37.4 Å². The summed E-state index contributed by atoms with van der Waals surface area (Å²) >= 11 is 0. The Balaban J connectivity index is 2.53. The third-order valence-corrected chi connectivity index (χ3v) is 3.28. The van der Waals surface area contributed by atoms with Gasteiger partial charge in [-0.1, -0.05) is 19.9 Å². The lowest BCUT2D eigenvalue weighted by Gasteiger charge is -2.19. The first-order chi connectivity index (χ1) is 9.54. The van der Waals surface area contributed by atoms with Crippen LogP contribution in [0.5, 0.6) is 0 Å². The monoisotopic (exact) mass is 279 g/mol. The zero-order valence-electron chi connectivity index (χ0n) is 13.6. The first kappa shape index (κ1) is 16.9. The molecule has 0 atom stereocenters. The van der Waals surface area contributed by atoms with Crippen LogP contribution >= 0.6 is 0 Å². The summed E-state index contributed by atoms with van der Waals surface area (Å²) in [5, 5.41) is 3.46. The molecule has 0 aliphatic rings. The van der Waals surface area contributed by atoms with E-state index in [0.29, 0.717) is 5.92 Å². The number of rotatable bonds is 9. The van der Waals surface area contributed by atoms with Gasteiger partial charge in [-0.3, -0.25) is 0 Å². The minimum absolute atomic E-state index is 0.675. The van der Waals surface area contributed by atoms with E-state index in [-0.39, 0.29) is 0 Å². The molecule has 0 radical (unpaired) electrons. The second-order valence-electron chi connectivity index (χ2n) is 5.71. The summed E-state index contributed by atoms with van der Waals surface area (Å²) in [6, 6.07) is 4.28. The van der Waals surface area contributed by atoms with Crippen LogP contribution in [0, 0.1) is 12.8 Å². The van der Waals surface area contributed by atoms with Gasteiger partial charge in [0.1, 0.15) is 5.82 Å². The quantitative estimate of drug-likeness (QED) is 0.705. The normalized spacial score (nSPS) is 11.1. The fourth-order valence-electron chi connectivity index (χ4n) is 2.03. The molecule has 0 fully saturated rings. The number of pyridine rings is 1. The molecule has 4 nitrogen and oxygen atoms in total. The molecule has 1 aromatic rings. The molecule has 0 unspecified atom stereocenters. The van der Waals surface area contributed by atoms with Crippen LogP contribution in [0.3, 0.4) is 0 Å². The summed E-state index contributed by atoms with van der Waals surface area (Å²) in [5.74, 6) is 1.71. The van der Waals surface area contributed by atoms with E-state index in [2.05, 4.69) is 50.2 Å². The number of aryl methyl sites for hydroxylation is 1. The Morgan fingerprint density at radius 2 is 2.10 bits per heavy atom. The van der Waals surface area contributed by atoms with E-state index in [1.807, 2.05) is 0 Å². The maximum Gasteiger partial charge on any atom is 0.128 e. The molecule has 0 bridgehead atoms. The van der Waals surface area contributed by atoms with Crippen LogP contribution in [0.1, 0.15) is 31.5 Å². The molecular formula is C16H29N3O. The van der Waals surface area contributed by atoms with Gasteiger partial charge in [0.05, 0.1) is 0 Å². The average molecular weight is 279 g/mol. The highest BCUT2D eigenvalue weighted by Crippen LogP contribution is 2.14. The lowest BCUT2D eigenvalue weighted by Crippen LogP contribution is -2.22. The zero-order chi connectivity index (χ0) is 15.0. The maximum atomic E-state index is 5.08. The van der Waals surface area contributed by atoms with Gasteiger partial charge in [-0.2, -0.15) is 0 Å². The van der Waals surface area contributed by atoms with Crippen molar-refractivity contribution in [1.29, 1.82) is 0 Å². The molecule has 114 valence electrons. The van der Waals surface area contributed by atoms with Crippen molar-refractivity contribution in [1.82, 2.24) is 10.3 Å². The standard InChI is InChI=1S/C16H29N3O/c1-13(2)11-17-12-15-7-8-16(18-14(15)3)19(4)9-6-10-20-5/h7-8,13,17H,6,9-12H2,1-5H3. The van der Waals surface area contributed by atoms with E-state index >= 15 is 0 Å². The Kier molecular flexibility index (Phi) is 7.55. The van der Waals surface area contributed by atoms with Gasteiger partial charge in [0, 0.05) is 39.5 Å². The molecule has 0 saturated heterocycles. The number of anilines is 1. The highest BCUT2D eigenvalue weighted by atomic mass is 16.5. The van der Waals surface area contributed by atoms with E-state index in [1.165, 1.54) is 5.56 Å². The van der Waals surface area contributed by atoms with Gasteiger partial charge in [-0.15, -0.1) is 0 Å². The molecule has 1 heterocycles. The predicted molar refractivity (Wildman–Crippen MR) is 85.3 cm³/mol. The van der Waals surface area contributed by atoms with Gasteiger partial charge in [-0.25, -0.2) is 4.98 Å². The number of nitrogens with one attached hydrogen (secondary N) is 1. The maximum absolute atomic E-state index is 5.08. The third-order valence-electron chi connectivity index (χ3n) is 3.28. The van der Waals surface area contributed by atoms with Crippen molar-refractivity contribution in [2.45, 2.75) is 33.7 Å². The van der Waals surface area contributed by atoms with Crippen molar-refractivity contribution in [3.63, 3.8) is 0 Å². The number of ether oxygens (including phenoxy) is 1. The Bertz CT molecular complexity index is 393. The largest absolute Gasteiger partial charge is 0.385 e. The second-order valence-corrected chi connectivity index (χ2v) is 5.71. The summed E-state index contributed by atoms with van der Waals surface area (Å²) in [5.41, 5.74) is 2.39. The van der Waals surface area contributed by atoms with Crippen LogP contribution in [0.25, 0.3) is 0 Å². The number of methoxy groups -OCH3 is 1. The fourth-order valence-corrected chi connectivity index (χ4v) is 2.03. The van der Waals surface area contributed by atoms with Crippen LogP contribution in [0.4, 0.5) is 5.82 Å². The van der Waals surface area contributed by atoms with Crippen LogP contribution in [0.2, 0.25) is 0 Å². The molecule has 0 spiro atoms. The molecule has 1 rings (SSSR count). The van der Waals surface area contributed by atoms with Gasteiger partial charge >= 0.3 is 0 Å². The predicted octanol–water partition coefficient (Wildman–Crippen LogP) is 2.61. The van der Waals surface area contributed by atoms with Crippen LogP contribution in [-0.2, 0) is 11.3 Å². The highest BCUT2D eigenvalue weighted by molar-refractivity contribution is 5.40.